The first-order valence-electron chi connectivity index (χ1n) is 3.73. The fourth-order valence-electron chi connectivity index (χ4n) is 1.60. The van der Waals surface area contributed by atoms with Gasteiger partial charge in [-0.3, -0.25) is 0 Å². The van der Waals surface area contributed by atoms with Crippen molar-refractivity contribution < 1.29 is 0 Å². The molecule has 0 aromatic rings. The van der Waals surface area contributed by atoms with E-state index in [9.17, 15) is 0 Å². The van der Waals surface area contributed by atoms with E-state index in [1.54, 1.807) is 6.20 Å². The third-order valence-corrected chi connectivity index (χ3v) is 2.29. The lowest BCUT2D eigenvalue weighted by atomic mass is 9.98. The van der Waals surface area contributed by atoms with Gasteiger partial charge in [-0.1, -0.05) is 25.8 Å². The predicted octanol–water partition coefficient (Wildman–Crippen LogP) is 1.90. The molecule has 2 unspecified atom stereocenters. The number of rotatable bonds is 1. The summed E-state index contributed by atoms with van der Waals surface area (Å²) in [5, 5.41) is 0. The van der Waals surface area contributed by atoms with Gasteiger partial charge in [0.15, 0.2) is 0 Å². The molecular weight excluding hydrogens is 110 g/mol. The quantitative estimate of drug-likeness (QED) is 0.569. The van der Waals surface area contributed by atoms with Crippen LogP contribution < -0.4 is 5.73 Å². The summed E-state index contributed by atoms with van der Waals surface area (Å²) in [6.07, 6.45) is 7.93. The first kappa shape index (κ1) is 6.66. The summed E-state index contributed by atoms with van der Waals surface area (Å²) in [7, 11) is 0. The zero-order valence-electron chi connectivity index (χ0n) is 6.01. The Kier molecular flexibility index (Phi) is 2.15. The zero-order chi connectivity index (χ0) is 6.69. The van der Waals surface area contributed by atoms with Crippen LogP contribution in [0.1, 0.15) is 26.2 Å². The molecule has 9 heavy (non-hydrogen) atoms. The number of allylic oxidation sites excluding steroid dienone is 1. The van der Waals surface area contributed by atoms with Crippen molar-refractivity contribution in [2.45, 2.75) is 26.2 Å². The Morgan fingerprint density at radius 3 is 2.67 bits per heavy atom. The Bertz CT molecular complexity index is 107. The highest BCUT2D eigenvalue weighted by atomic mass is 14.5. The molecular formula is C8H15N. The van der Waals surface area contributed by atoms with Crippen molar-refractivity contribution in [3.63, 3.8) is 0 Å². The molecule has 1 rings (SSSR count). The summed E-state index contributed by atoms with van der Waals surface area (Å²) in [5.41, 5.74) is 5.29. The third kappa shape index (κ3) is 1.47. The van der Waals surface area contributed by atoms with E-state index in [0.29, 0.717) is 0 Å². The van der Waals surface area contributed by atoms with Gasteiger partial charge in [0.2, 0.25) is 0 Å². The van der Waals surface area contributed by atoms with Gasteiger partial charge in [0.1, 0.15) is 0 Å². The van der Waals surface area contributed by atoms with Gasteiger partial charge in [-0.2, -0.15) is 0 Å². The topological polar surface area (TPSA) is 26.0 Å². The molecule has 1 aliphatic rings. The Balaban J connectivity index is 2.39. The van der Waals surface area contributed by atoms with Crippen LogP contribution in [0, 0.1) is 11.8 Å². The molecule has 1 nitrogen and oxygen atoms in total. The summed E-state index contributed by atoms with van der Waals surface area (Å²) in [4.78, 5) is 0. The highest BCUT2D eigenvalue weighted by Crippen LogP contribution is 2.31. The van der Waals surface area contributed by atoms with Gasteiger partial charge in [-0.15, -0.1) is 0 Å². The highest BCUT2D eigenvalue weighted by Gasteiger charge is 2.19. The molecule has 1 fully saturated rings. The lowest BCUT2D eigenvalue weighted by Gasteiger charge is -2.07. The van der Waals surface area contributed by atoms with Crippen molar-refractivity contribution in [2.75, 3.05) is 0 Å². The molecule has 0 aromatic carbocycles. The fourth-order valence-corrected chi connectivity index (χ4v) is 1.60. The Labute approximate surface area is 56.9 Å². The smallest absolute Gasteiger partial charge is 0.0100 e. The maximum absolute atomic E-state index is 5.29. The molecule has 0 amide bonds. The first-order valence-corrected chi connectivity index (χ1v) is 3.73. The second kappa shape index (κ2) is 2.90. The molecule has 52 valence electrons. The van der Waals surface area contributed by atoms with E-state index < -0.39 is 0 Å². The van der Waals surface area contributed by atoms with E-state index in [2.05, 4.69) is 13.0 Å². The first-order chi connectivity index (χ1) is 4.34. The van der Waals surface area contributed by atoms with E-state index in [1.807, 2.05) is 0 Å². The van der Waals surface area contributed by atoms with Crippen molar-refractivity contribution >= 4 is 0 Å². The predicted molar refractivity (Wildman–Crippen MR) is 39.8 cm³/mol. The summed E-state index contributed by atoms with van der Waals surface area (Å²) >= 11 is 0. The lowest BCUT2D eigenvalue weighted by Crippen LogP contribution is -1.99. The molecule has 2 N–H and O–H groups in total. The second-order valence-electron chi connectivity index (χ2n) is 2.96. The van der Waals surface area contributed by atoms with Crippen LogP contribution >= 0.6 is 0 Å². The van der Waals surface area contributed by atoms with Crippen molar-refractivity contribution in [1.82, 2.24) is 0 Å². The maximum Gasteiger partial charge on any atom is -0.0100 e. The maximum atomic E-state index is 5.29. The van der Waals surface area contributed by atoms with Crippen LogP contribution in [0.25, 0.3) is 0 Å². The number of nitrogens with two attached hydrogens (primary N) is 1. The number of hydrogen-bond donors (Lipinski definition) is 1. The van der Waals surface area contributed by atoms with Gasteiger partial charge in [-0.05, 0) is 24.5 Å². The summed E-state index contributed by atoms with van der Waals surface area (Å²) in [5.74, 6) is 1.64. The molecule has 2 atom stereocenters. The molecule has 0 heterocycles. The standard InChI is InChI=1S/C8H15N/c1-7-3-2-4-8(7)5-6-9/h5-8H,2-4,9H2,1H3/b6-5+. The minimum absolute atomic E-state index is 0.773. The van der Waals surface area contributed by atoms with E-state index in [0.717, 1.165) is 11.8 Å². The van der Waals surface area contributed by atoms with Crippen LogP contribution in [0.3, 0.4) is 0 Å². The molecule has 0 aliphatic heterocycles. The van der Waals surface area contributed by atoms with Crippen molar-refractivity contribution in [2.24, 2.45) is 17.6 Å². The molecule has 1 heteroatoms. The van der Waals surface area contributed by atoms with E-state index in [-0.39, 0.29) is 0 Å². The Morgan fingerprint density at radius 2 is 2.22 bits per heavy atom. The monoisotopic (exact) mass is 125 g/mol. The molecule has 0 bridgehead atoms. The molecule has 1 saturated carbocycles. The molecule has 0 aromatic heterocycles. The lowest BCUT2D eigenvalue weighted by molar-refractivity contribution is 0.503. The average molecular weight is 125 g/mol. The SMILES string of the molecule is CC1CCCC1/C=C/N. The minimum atomic E-state index is 0.773. The van der Waals surface area contributed by atoms with E-state index >= 15 is 0 Å². The van der Waals surface area contributed by atoms with Crippen molar-refractivity contribution in [3.8, 4) is 0 Å². The molecule has 0 radical (unpaired) electrons. The third-order valence-electron chi connectivity index (χ3n) is 2.29. The van der Waals surface area contributed by atoms with Crippen LogP contribution in [0.15, 0.2) is 12.3 Å². The van der Waals surface area contributed by atoms with Gasteiger partial charge in [0, 0.05) is 0 Å². The average Bonchev–Trinajstić information content (AvgIpc) is 2.18. The van der Waals surface area contributed by atoms with Crippen molar-refractivity contribution in [3.05, 3.63) is 12.3 Å². The Morgan fingerprint density at radius 1 is 1.44 bits per heavy atom. The van der Waals surface area contributed by atoms with Gasteiger partial charge in [-0.25, -0.2) is 0 Å². The van der Waals surface area contributed by atoms with Crippen LogP contribution in [-0.4, -0.2) is 0 Å². The summed E-state index contributed by atoms with van der Waals surface area (Å²) in [6.45, 7) is 2.30. The van der Waals surface area contributed by atoms with Crippen molar-refractivity contribution in [1.29, 1.82) is 0 Å². The molecule has 0 saturated heterocycles. The minimum Gasteiger partial charge on any atom is -0.405 e. The van der Waals surface area contributed by atoms with Crippen LogP contribution in [0.2, 0.25) is 0 Å². The normalized spacial score (nSPS) is 36.1. The van der Waals surface area contributed by atoms with Crippen LogP contribution in [0.4, 0.5) is 0 Å². The van der Waals surface area contributed by atoms with Crippen LogP contribution in [0.5, 0.6) is 0 Å². The second-order valence-corrected chi connectivity index (χ2v) is 2.96. The van der Waals surface area contributed by atoms with E-state index in [4.69, 9.17) is 5.73 Å². The molecule has 1 aliphatic carbocycles. The summed E-state index contributed by atoms with van der Waals surface area (Å²) < 4.78 is 0. The molecule has 0 spiro atoms. The largest absolute Gasteiger partial charge is 0.405 e. The van der Waals surface area contributed by atoms with Crippen LogP contribution in [-0.2, 0) is 0 Å². The summed E-state index contributed by atoms with van der Waals surface area (Å²) in [6, 6.07) is 0. The van der Waals surface area contributed by atoms with Gasteiger partial charge in [0.05, 0.1) is 0 Å². The number of hydrogen-bond acceptors (Lipinski definition) is 1. The fraction of sp³-hybridized carbons (Fsp3) is 0.750. The highest BCUT2D eigenvalue weighted by molar-refractivity contribution is 4.90. The van der Waals surface area contributed by atoms with Gasteiger partial charge in [0.25, 0.3) is 0 Å². The van der Waals surface area contributed by atoms with E-state index in [1.165, 1.54) is 19.3 Å². The van der Waals surface area contributed by atoms with Gasteiger partial charge >= 0.3 is 0 Å². The van der Waals surface area contributed by atoms with Gasteiger partial charge < -0.3 is 5.73 Å². The Hall–Kier alpha value is -0.460. The zero-order valence-corrected chi connectivity index (χ0v) is 6.01.